The molecule has 0 aliphatic rings. The lowest BCUT2D eigenvalue weighted by Gasteiger charge is -2.08. The van der Waals surface area contributed by atoms with Gasteiger partial charge in [0.15, 0.2) is 6.61 Å². The highest BCUT2D eigenvalue weighted by molar-refractivity contribution is 7.89. The SMILES string of the molecule is O=C(O)CONS(=O)(=O)c1ccc(C(F)(F)F)cc1. The van der Waals surface area contributed by atoms with Crippen LogP contribution in [0.4, 0.5) is 13.2 Å². The zero-order chi connectivity index (χ0) is 14.7. The molecule has 1 aromatic rings. The van der Waals surface area contributed by atoms with Crippen LogP contribution in [-0.2, 0) is 25.8 Å². The van der Waals surface area contributed by atoms with Crippen molar-refractivity contribution in [3.63, 3.8) is 0 Å². The molecule has 0 aromatic heterocycles. The fourth-order valence-corrected chi connectivity index (χ4v) is 1.84. The Labute approximate surface area is 105 Å². The van der Waals surface area contributed by atoms with Gasteiger partial charge in [-0.15, -0.1) is 0 Å². The maximum Gasteiger partial charge on any atom is 0.416 e. The number of hydrogen-bond donors (Lipinski definition) is 2. The fourth-order valence-electron chi connectivity index (χ4n) is 1.04. The van der Waals surface area contributed by atoms with Crippen LogP contribution in [0.15, 0.2) is 29.2 Å². The molecule has 10 heteroatoms. The number of carboxylic acid groups (broad SMARTS) is 1. The molecule has 6 nitrogen and oxygen atoms in total. The molecule has 0 radical (unpaired) electrons. The number of carbonyl (C=O) groups is 1. The van der Waals surface area contributed by atoms with Crippen LogP contribution in [0, 0.1) is 0 Å². The standard InChI is InChI=1S/C9H8F3NO5S/c10-9(11,12)6-1-3-7(4-2-6)19(16,17)13-18-5-8(14)15/h1-4,13H,5H2,(H,14,15). The molecular formula is C9H8F3NO5S. The Morgan fingerprint density at radius 1 is 1.26 bits per heavy atom. The molecule has 0 saturated heterocycles. The smallest absolute Gasteiger partial charge is 0.416 e. The van der Waals surface area contributed by atoms with Gasteiger partial charge >= 0.3 is 12.1 Å². The van der Waals surface area contributed by atoms with Gasteiger partial charge in [0, 0.05) is 0 Å². The van der Waals surface area contributed by atoms with Crippen molar-refractivity contribution in [1.82, 2.24) is 4.89 Å². The van der Waals surface area contributed by atoms with E-state index in [1.54, 1.807) is 0 Å². The van der Waals surface area contributed by atoms with E-state index in [9.17, 15) is 26.4 Å². The van der Waals surface area contributed by atoms with Crippen molar-refractivity contribution in [3.8, 4) is 0 Å². The summed E-state index contributed by atoms with van der Waals surface area (Å²) in [6, 6.07) is 2.64. The fraction of sp³-hybridized carbons (Fsp3) is 0.222. The lowest BCUT2D eigenvalue weighted by molar-refractivity contribution is -0.143. The average molecular weight is 299 g/mol. The summed E-state index contributed by atoms with van der Waals surface area (Å²) in [4.78, 5) is 15.2. The summed E-state index contributed by atoms with van der Waals surface area (Å²) in [7, 11) is -4.22. The van der Waals surface area contributed by atoms with Crippen molar-refractivity contribution >= 4 is 16.0 Å². The van der Waals surface area contributed by atoms with Crippen LogP contribution in [0.2, 0.25) is 0 Å². The van der Waals surface area contributed by atoms with E-state index in [2.05, 4.69) is 4.84 Å². The Hall–Kier alpha value is -1.65. The number of sulfonamides is 1. The highest BCUT2D eigenvalue weighted by atomic mass is 32.2. The van der Waals surface area contributed by atoms with Gasteiger partial charge < -0.3 is 5.11 Å². The summed E-state index contributed by atoms with van der Waals surface area (Å²) >= 11 is 0. The monoisotopic (exact) mass is 299 g/mol. The van der Waals surface area contributed by atoms with Crippen molar-refractivity contribution in [1.29, 1.82) is 0 Å². The predicted molar refractivity (Wildman–Crippen MR) is 55.4 cm³/mol. The van der Waals surface area contributed by atoms with Gasteiger partial charge in [0.05, 0.1) is 10.5 Å². The Morgan fingerprint density at radius 3 is 2.21 bits per heavy atom. The molecule has 1 rings (SSSR count). The molecule has 106 valence electrons. The number of halogens is 3. The summed E-state index contributed by atoms with van der Waals surface area (Å²) in [5.74, 6) is -1.41. The van der Waals surface area contributed by atoms with E-state index in [1.165, 1.54) is 4.89 Å². The largest absolute Gasteiger partial charge is 0.479 e. The molecule has 0 fully saturated rings. The second kappa shape index (κ2) is 5.55. The van der Waals surface area contributed by atoms with Gasteiger partial charge in [-0.2, -0.15) is 13.2 Å². The summed E-state index contributed by atoms with van der Waals surface area (Å²) in [5.41, 5.74) is -1.00. The molecule has 0 heterocycles. The lowest BCUT2D eigenvalue weighted by Crippen LogP contribution is -2.26. The number of carboxylic acids is 1. The molecule has 0 atom stereocenters. The topological polar surface area (TPSA) is 92.7 Å². The van der Waals surface area contributed by atoms with E-state index in [1.807, 2.05) is 0 Å². The van der Waals surface area contributed by atoms with Crippen LogP contribution >= 0.6 is 0 Å². The highest BCUT2D eigenvalue weighted by Gasteiger charge is 2.30. The number of benzene rings is 1. The van der Waals surface area contributed by atoms with Crippen molar-refractivity contribution in [3.05, 3.63) is 29.8 Å². The molecule has 0 bridgehead atoms. The third-order valence-electron chi connectivity index (χ3n) is 1.86. The van der Waals surface area contributed by atoms with E-state index in [-0.39, 0.29) is 0 Å². The predicted octanol–water partition coefficient (Wildman–Crippen LogP) is 1.000. The number of alkyl halides is 3. The zero-order valence-corrected chi connectivity index (χ0v) is 9.96. The van der Waals surface area contributed by atoms with Crippen molar-refractivity contribution < 1.29 is 36.3 Å². The van der Waals surface area contributed by atoms with Crippen molar-refractivity contribution in [2.75, 3.05) is 6.61 Å². The van der Waals surface area contributed by atoms with Crippen LogP contribution in [-0.4, -0.2) is 26.1 Å². The molecule has 0 aliphatic carbocycles. The Morgan fingerprint density at radius 2 is 1.79 bits per heavy atom. The number of aliphatic carboxylic acids is 1. The molecule has 0 spiro atoms. The zero-order valence-electron chi connectivity index (χ0n) is 9.14. The lowest BCUT2D eigenvalue weighted by atomic mass is 10.2. The number of rotatable bonds is 5. The first-order chi connectivity index (χ1) is 8.63. The van der Waals surface area contributed by atoms with Gasteiger partial charge in [0.1, 0.15) is 0 Å². The van der Waals surface area contributed by atoms with Gasteiger partial charge in [-0.05, 0) is 24.3 Å². The Kier molecular flexibility index (Phi) is 4.50. The third-order valence-corrected chi connectivity index (χ3v) is 3.09. The average Bonchev–Trinajstić information content (AvgIpc) is 2.27. The number of hydrogen-bond acceptors (Lipinski definition) is 4. The second-order valence-electron chi connectivity index (χ2n) is 3.29. The Bertz CT molecular complexity index is 552. The summed E-state index contributed by atoms with van der Waals surface area (Å²) in [6.45, 7) is -0.917. The normalized spacial score (nSPS) is 12.4. The van der Waals surface area contributed by atoms with Gasteiger partial charge in [-0.3, -0.25) is 4.84 Å². The molecule has 0 saturated carbocycles. The highest BCUT2D eigenvalue weighted by Crippen LogP contribution is 2.29. The van der Waals surface area contributed by atoms with E-state index in [4.69, 9.17) is 5.11 Å². The van der Waals surface area contributed by atoms with E-state index < -0.39 is 39.2 Å². The minimum Gasteiger partial charge on any atom is -0.479 e. The molecule has 0 unspecified atom stereocenters. The first-order valence-corrected chi connectivity index (χ1v) is 6.14. The molecule has 2 N–H and O–H groups in total. The molecule has 19 heavy (non-hydrogen) atoms. The van der Waals surface area contributed by atoms with Gasteiger partial charge in [0.2, 0.25) is 0 Å². The molecular weight excluding hydrogens is 291 g/mol. The molecule has 1 aromatic carbocycles. The van der Waals surface area contributed by atoms with Gasteiger partial charge in [-0.1, -0.05) is 4.89 Å². The van der Waals surface area contributed by atoms with Crippen molar-refractivity contribution in [2.45, 2.75) is 11.1 Å². The minimum atomic E-state index is -4.57. The third kappa shape index (κ3) is 4.50. The van der Waals surface area contributed by atoms with E-state index in [0.717, 1.165) is 12.1 Å². The summed E-state index contributed by atoms with van der Waals surface area (Å²) in [6.07, 6.45) is -4.57. The van der Waals surface area contributed by atoms with Crippen molar-refractivity contribution in [2.24, 2.45) is 0 Å². The maximum atomic E-state index is 12.3. The number of nitrogens with one attached hydrogen (secondary N) is 1. The first kappa shape index (κ1) is 15.4. The van der Waals surface area contributed by atoms with E-state index in [0.29, 0.717) is 12.1 Å². The second-order valence-corrected chi connectivity index (χ2v) is 4.94. The van der Waals surface area contributed by atoms with Crippen LogP contribution in [0.1, 0.15) is 5.56 Å². The minimum absolute atomic E-state index is 0.481. The quantitative estimate of drug-likeness (QED) is 0.791. The van der Waals surface area contributed by atoms with Crippen LogP contribution in [0.25, 0.3) is 0 Å². The van der Waals surface area contributed by atoms with Crippen LogP contribution in [0.5, 0.6) is 0 Å². The maximum absolute atomic E-state index is 12.3. The van der Waals surface area contributed by atoms with Crippen LogP contribution < -0.4 is 4.89 Å². The summed E-state index contributed by atoms with van der Waals surface area (Å²) < 4.78 is 59.7. The molecule has 0 aliphatic heterocycles. The molecule has 0 amide bonds. The van der Waals surface area contributed by atoms with E-state index >= 15 is 0 Å². The Balaban J connectivity index is 2.82. The first-order valence-electron chi connectivity index (χ1n) is 4.65. The van der Waals surface area contributed by atoms with Crippen LogP contribution in [0.3, 0.4) is 0 Å². The van der Waals surface area contributed by atoms with Gasteiger partial charge in [0.25, 0.3) is 10.0 Å². The summed E-state index contributed by atoms with van der Waals surface area (Å²) in [5, 5.41) is 8.22. The van der Waals surface area contributed by atoms with Gasteiger partial charge in [-0.25, -0.2) is 13.2 Å².